The SMILES string of the molecule is CNS(=O)(=O)c1ccc(N2CCC[C@H]3C(=O)NC[C@H]32)c(F)c1. The maximum atomic E-state index is 14.4. The summed E-state index contributed by atoms with van der Waals surface area (Å²) in [7, 11) is -2.39. The second kappa shape index (κ2) is 5.51. The fourth-order valence-electron chi connectivity index (χ4n) is 3.26. The molecule has 2 fully saturated rings. The minimum atomic E-state index is -3.67. The third-order valence-electron chi connectivity index (χ3n) is 4.41. The number of sulfonamides is 1. The van der Waals surface area contributed by atoms with Crippen molar-refractivity contribution in [1.82, 2.24) is 10.0 Å². The van der Waals surface area contributed by atoms with Crippen LogP contribution in [-0.4, -0.2) is 40.5 Å². The normalized spacial score (nSPS) is 25.0. The number of benzene rings is 1. The molecule has 0 spiro atoms. The van der Waals surface area contributed by atoms with Gasteiger partial charge in [-0.2, -0.15) is 0 Å². The van der Waals surface area contributed by atoms with Gasteiger partial charge >= 0.3 is 0 Å². The number of hydrogen-bond donors (Lipinski definition) is 2. The molecule has 1 aromatic rings. The van der Waals surface area contributed by atoms with E-state index in [1.54, 1.807) is 0 Å². The van der Waals surface area contributed by atoms with E-state index in [1.807, 2.05) is 4.90 Å². The maximum absolute atomic E-state index is 14.4. The van der Waals surface area contributed by atoms with Gasteiger partial charge in [-0.3, -0.25) is 4.79 Å². The third-order valence-corrected chi connectivity index (χ3v) is 5.82. The number of nitrogens with one attached hydrogen (secondary N) is 2. The number of carbonyl (C=O) groups is 1. The second-order valence-corrected chi connectivity index (χ2v) is 7.46. The Morgan fingerprint density at radius 2 is 2.18 bits per heavy atom. The lowest BCUT2D eigenvalue weighted by Gasteiger charge is -2.37. The average Bonchev–Trinajstić information content (AvgIpc) is 2.89. The molecule has 2 saturated heterocycles. The van der Waals surface area contributed by atoms with Crippen LogP contribution in [0, 0.1) is 11.7 Å². The molecule has 2 atom stereocenters. The number of fused-ring (bicyclic) bond motifs is 1. The number of nitrogens with zero attached hydrogens (tertiary/aromatic N) is 1. The highest BCUT2D eigenvalue weighted by molar-refractivity contribution is 7.89. The molecule has 2 heterocycles. The van der Waals surface area contributed by atoms with Crippen LogP contribution in [0.2, 0.25) is 0 Å². The Kier molecular flexibility index (Phi) is 3.82. The fraction of sp³-hybridized carbons (Fsp3) is 0.500. The summed E-state index contributed by atoms with van der Waals surface area (Å²) in [5.41, 5.74) is 0.348. The number of rotatable bonds is 3. The zero-order valence-corrected chi connectivity index (χ0v) is 13.0. The number of piperidine rings is 1. The Labute approximate surface area is 128 Å². The molecule has 2 N–H and O–H groups in total. The van der Waals surface area contributed by atoms with Gasteiger partial charge in [-0.1, -0.05) is 0 Å². The summed E-state index contributed by atoms with van der Waals surface area (Å²) < 4.78 is 40.0. The van der Waals surface area contributed by atoms with Crippen molar-refractivity contribution in [3.8, 4) is 0 Å². The summed E-state index contributed by atoms with van der Waals surface area (Å²) in [6.45, 7) is 1.16. The molecule has 1 amide bonds. The average molecular weight is 327 g/mol. The highest BCUT2D eigenvalue weighted by Crippen LogP contribution is 2.33. The van der Waals surface area contributed by atoms with Crippen LogP contribution in [0.15, 0.2) is 23.1 Å². The van der Waals surface area contributed by atoms with Gasteiger partial charge in [0, 0.05) is 13.1 Å². The summed E-state index contributed by atoms with van der Waals surface area (Å²) in [5, 5.41) is 2.82. The highest BCUT2D eigenvalue weighted by atomic mass is 32.2. The van der Waals surface area contributed by atoms with Crippen LogP contribution in [0.5, 0.6) is 0 Å². The smallest absolute Gasteiger partial charge is 0.240 e. The molecule has 0 bridgehead atoms. The van der Waals surface area contributed by atoms with E-state index in [9.17, 15) is 17.6 Å². The molecular weight excluding hydrogens is 309 g/mol. The molecule has 0 unspecified atom stereocenters. The summed E-state index contributed by atoms with van der Waals surface area (Å²) in [6, 6.07) is 3.82. The van der Waals surface area contributed by atoms with Gasteiger partial charge in [0.2, 0.25) is 15.9 Å². The van der Waals surface area contributed by atoms with E-state index >= 15 is 0 Å². The van der Waals surface area contributed by atoms with Gasteiger partial charge < -0.3 is 10.2 Å². The van der Waals surface area contributed by atoms with Crippen LogP contribution in [-0.2, 0) is 14.8 Å². The molecular formula is C14H18FN3O3S. The van der Waals surface area contributed by atoms with Gasteiger partial charge in [0.25, 0.3) is 0 Å². The molecule has 0 saturated carbocycles. The van der Waals surface area contributed by atoms with Crippen molar-refractivity contribution < 1.29 is 17.6 Å². The van der Waals surface area contributed by atoms with Crippen LogP contribution in [0.25, 0.3) is 0 Å². The minimum absolute atomic E-state index is 0.0180. The summed E-state index contributed by atoms with van der Waals surface area (Å²) in [6.07, 6.45) is 1.62. The Hall–Kier alpha value is -1.67. The molecule has 2 aliphatic rings. The van der Waals surface area contributed by atoms with Gasteiger partial charge in [0.05, 0.1) is 22.5 Å². The quantitative estimate of drug-likeness (QED) is 0.845. The molecule has 2 aliphatic heterocycles. The van der Waals surface area contributed by atoms with Gasteiger partial charge in [-0.15, -0.1) is 0 Å². The molecule has 120 valence electrons. The highest BCUT2D eigenvalue weighted by Gasteiger charge is 2.41. The zero-order chi connectivity index (χ0) is 15.9. The molecule has 0 radical (unpaired) electrons. The van der Waals surface area contributed by atoms with E-state index in [0.29, 0.717) is 18.8 Å². The van der Waals surface area contributed by atoms with Crippen molar-refractivity contribution in [2.75, 3.05) is 25.0 Å². The number of amides is 1. The monoisotopic (exact) mass is 327 g/mol. The zero-order valence-electron chi connectivity index (χ0n) is 12.2. The van der Waals surface area contributed by atoms with E-state index in [2.05, 4.69) is 10.0 Å². The van der Waals surface area contributed by atoms with Crippen LogP contribution < -0.4 is 14.9 Å². The molecule has 8 heteroatoms. The Bertz CT molecular complexity index is 707. The van der Waals surface area contributed by atoms with Crippen LogP contribution in [0.4, 0.5) is 10.1 Å². The largest absolute Gasteiger partial charge is 0.364 e. The van der Waals surface area contributed by atoms with Crippen molar-refractivity contribution in [1.29, 1.82) is 0 Å². The van der Waals surface area contributed by atoms with Crippen molar-refractivity contribution >= 4 is 21.6 Å². The lowest BCUT2D eigenvalue weighted by molar-refractivity contribution is -0.123. The van der Waals surface area contributed by atoms with Crippen molar-refractivity contribution in [3.63, 3.8) is 0 Å². The predicted molar refractivity (Wildman–Crippen MR) is 79.5 cm³/mol. The van der Waals surface area contributed by atoms with Crippen LogP contribution in [0.3, 0.4) is 0 Å². The van der Waals surface area contributed by atoms with Crippen molar-refractivity contribution in [3.05, 3.63) is 24.0 Å². The first kappa shape index (κ1) is 15.2. The van der Waals surface area contributed by atoms with Gasteiger partial charge in [0.1, 0.15) is 5.82 Å². The third kappa shape index (κ3) is 2.46. The molecule has 0 aromatic heterocycles. The number of carbonyl (C=O) groups excluding carboxylic acids is 1. The standard InChI is InChI=1S/C14H18FN3O3S/c1-16-22(20,21)9-4-5-12(11(15)7-9)18-6-2-3-10-13(18)8-17-14(10)19/h4-5,7,10,13,16H,2-3,6,8H2,1H3,(H,17,19)/t10-,13-/m1/s1. The number of halogens is 1. The number of hydrogen-bond acceptors (Lipinski definition) is 4. The summed E-state index contributed by atoms with van der Waals surface area (Å²) >= 11 is 0. The predicted octanol–water partition coefficient (Wildman–Crippen LogP) is 0.449. The van der Waals surface area contributed by atoms with E-state index < -0.39 is 15.8 Å². The molecule has 1 aromatic carbocycles. The van der Waals surface area contributed by atoms with Crippen LogP contribution in [0.1, 0.15) is 12.8 Å². The van der Waals surface area contributed by atoms with Gasteiger partial charge in [0.15, 0.2) is 0 Å². The maximum Gasteiger partial charge on any atom is 0.240 e. The lowest BCUT2D eigenvalue weighted by Crippen LogP contribution is -2.46. The molecule has 22 heavy (non-hydrogen) atoms. The summed E-state index contributed by atoms with van der Waals surface area (Å²) in [5.74, 6) is -0.685. The van der Waals surface area contributed by atoms with E-state index in [0.717, 1.165) is 18.9 Å². The minimum Gasteiger partial charge on any atom is -0.364 e. The molecule has 6 nitrogen and oxygen atoms in total. The summed E-state index contributed by atoms with van der Waals surface area (Å²) in [4.78, 5) is 13.5. The fourth-order valence-corrected chi connectivity index (χ4v) is 4.00. The van der Waals surface area contributed by atoms with Gasteiger partial charge in [-0.05, 0) is 38.1 Å². The first-order valence-corrected chi connectivity index (χ1v) is 8.70. The number of anilines is 1. The first-order chi connectivity index (χ1) is 10.4. The van der Waals surface area contributed by atoms with E-state index in [4.69, 9.17) is 0 Å². The van der Waals surface area contributed by atoms with Crippen molar-refractivity contribution in [2.45, 2.75) is 23.8 Å². The van der Waals surface area contributed by atoms with Gasteiger partial charge in [-0.25, -0.2) is 17.5 Å². The van der Waals surface area contributed by atoms with E-state index in [-0.39, 0.29) is 22.8 Å². The molecule has 3 rings (SSSR count). The van der Waals surface area contributed by atoms with Crippen molar-refractivity contribution in [2.24, 2.45) is 5.92 Å². The lowest BCUT2D eigenvalue weighted by atomic mass is 9.91. The first-order valence-electron chi connectivity index (χ1n) is 7.21. The second-order valence-electron chi connectivity index (χ2n) is 5.58. The van der Waals surface area contributed by atoms with Crippen LogP contribution >= 0.6 is 0 Å². The van der Waals surface area contributed by atoms with E-state index in [1.165, 1.54) is 19.2 Å². The Morgan fingerprint density at radius 1 is 1.41 bits per heavy atom. The Morgan fingerprint density at radius 3 is 2.86 bits per heavy atom. The topological polar surface area (TPSA) is 78.5 Å². The Balaban J connectivity index is 1.94. The molecule has 0 aliphatic carbocycles.